The van der Waals surface area contributed by atoms with Crippen molar-refractivity contribution < 1.29 is 13.6 Å². The normalized spacial score (nSPS) is 14.5. The molecule has 1 unspecified atom stereocenters. The molecular weight excluding hydrogens is 292 g/mol. The lowest BCUT2D eigenvalue weighted by Gasteiger charge is -2.21. The van der Waals surface area contributed by atoms with Crippen LogP contribution in [0.5, 0.6) is 0 Å². The zero-order valence-corrected chi connectivity index (χ0v) is 11.3. The van der Waals surface area contributed by atoms with Crippen LogP contribution in [0.25, 0.3) is 0 Å². The Balaban J connectivity index is 3.04. The molecule has 0 saturated heterocycles. The van der Waals surface area contributed by atoms with Gasteiger partial charge in [-0.3, -0.25) is 4.79 Å². The van der Waals surface area contributed by atoms with Gasteiger partial charge in [0.05, 0.1) is 10.0 Å². The van der Waals surface area contributed by atoms with E-state index >= 15 is 0 Å². The minimum absolute atomic E-state index is 0.136. The smallest absolute Gasteiger partial charge is 0.156 e. The second-order valence-electron chi connectivity index (χ2n) is 4.19. The number of benzene rings is 1. The summed E-state index contributed by atoms with van der Waals surface area (Å²) in [4.78, 5) is 11.8. The first-order valence-electron chi connectivity index (χ1n) is 5.24. The van der Waals surface area contributed by atoms with Gasteiger partial charge in [-0.25, -0.2) is 8.78 Å². The molecule has 0 heterocycles. The molecule has 5 heteroatoms. The Morgan fingerprint density at radius 2 is 2.06 bits per heavy atom. The molecule has 0 saturated carbocycles. The third-order valence-electron chi connectivity index (χ3n) is 2.85. The molecule has 0 amide bonds. The van der Waals surface area contributed by atoms with Gasteiger partial charge in [-0.2, -0.15) is 0 Å². The number of carbonyl (C=O) groups is 1. The van der Waals surface area contributed by atoms with Gasteiger partial charge >= 0.3 is 0 Å². The topological polar surface area (TPSA) is 43.1 Å². The maximum atomic E-state index is 13.6. The highest BCUT2D eigenvalue weighted by molar-refractivity contribution is 9.10. The lowest BCUT2D eigenvalue weighted by atomic mass is 9.90. The zero-order chi connectivity index (χ0) is 13.2. The van der Waals surface area contributed by atoms with Crippen molar-refractivity contribution in [3.05, 3.63) is 33.8 Å². The summed E-state index contributed by atoms with van der Waals surface area (Å²) in [5.41, 5.74) is 4.44. The number of carbonyl (C=O) groups excluding carboxylic acids is 1. The van der Waals surface area contributed by atoms with Crippen LogP contribution in [0.3, 0.4) is 0 Å². The largest absolute Gasteiger partial charge is 0.319 e. The fourth-order valence-corrected chi connectivity index (χ4v) is 1.66. The molecule has 0 aromatic heterocycles. The van der Waals surface area contributed by atoms with E-state index in [1.54, 1.807) is 13.8 Å². The number of hydrogen-bond acceptors (Lipinski definition) is 2. The Hall–Kier alpha value is -0.810. The highest BCUT2D eigenvalue weighted by Crippen LogP contribution is 2.23. The van der Waals surface area contributed by atoms with Gasteiger partial charge in [0.15, 0.2) is 5.78 Å². The molecule has 0 aliphatic rings. The molecule has 1 aromatic carbocycles. The molecule has 0 radical (unpaired) electrons. The van der Waals surface area contributed by atoms with Crippen LogP contribution in [0.15, 0.2) is 16.6 Å². The number of ketones is 1. The predicted molar refractivity (Wildman–Crippen MR) is 65.7 cm³/mol. The third-order valence-corrected chi connectivity index (χ3v) is 3.46. The second-order valence-corrected chi connectivity index (χ2v) is 5.05. The Kier molecular flexibility index (Phi) is 4.38. The predicted octanol–water partition coefficient (Wildman–Crippen LogP) is 2.97. The molecule has 0 fully saturated rings. The van der Waals surface area contributed by atoms with Crippen molar-refractivity contribution >= 4 is 21.7 Å². The van der Waals surface area contributed by atoms with Gasteiger partial charge in [0, 0.05) is 12.0 Å². The van der Waals surface area contributed by atoms with Crippen molar-refractivity contribution in [3.63, 3.8) is 0 Å². The Morgan fingerprint density at radius 3 is 2.59 bits per heavy atom. The molecule has 0 bridgehead atoms. The fraction of sp³-hybridized carbons (Fsp3) is 0.417. The highest BCUT2D eigenvalue weighted by Gasteiger charge is 2.28. The van der Waals surface area contributed by atoms with Crippen molar-refractivity contribution in [2.24, 2.45) is 5.73 Å². The van der Waals surface area contributed by atoms with E-state index in [0.29, 0.717) is 6.42 Å². The maximum absolute atomic E-state index is 13.6. The average molecular weight is 306 g/mol. The number of rotatable bonds is 4. The molecular formula is C12H14BrF2NO. The zero-order valence-electron chi connectivity index (χ0n) is 9.69. The van der Waals surface area contributed by atoms with Crippen molar-refractivity contribution in [2.45, 2.75) is 32.2 Å². The summed E-state index contributed by atoms with van der Waals surface area (Å²) in [7, 11) is 0. The second kappa shape index (κ2) is 5.23. The monoisotopic (exact) mass is 305 g/mol. The van der Waals surface area contributed by atoms with Crippen LogP contribution in [0.2, 0.25) is 0 Å². The molecule has 2 nitrogen and oxygen atoms in total. The van der Waals surface area contributed by atoms with E-state index in [1.807, 2.05) is 0 Å². The Morgan fingerprint density at radius 1 is 1.47 bits per heavy atom. The summed E-state index contributed by atoms with van der Waals surface area (Å²) in [5.74, 6) is -1.85. The van der Waals surface area contributed by atoms with Gasteiger partial charge in [-0.15, -0.1) is 0 Å². The molecule has 2 N–H and O–H groups in total. The lowest BCUT2D eigenvalue weighted by molar-refractivity contribution is -0.123. The van der Waals surface area contributed by atoms with Crippen molar-refractivity contribution in [2.75, 3.05) is 0 Å². The summed E-state index contributed by atoms with van der Waals surface area (Å²) in [6.45, 7) is 3.31. The van der Waals surface area contributed by atoms with Crippen LogP contribution in [-0.4, -0.2) is 11.3 Å². The number of halogens is 3. The molecule has 1 rings (SSSR count). The van der Waals surface area contributed by atoms with E-state index in [1.165, 1.54) is 6.07 Å². The van der Waals surface area contributed by atoms with Gasteiger partial charge in [0.2, 0.25) is 0 Å². The molecule has 1 aromatic rings. The summed E-state index contributed by atoms with van der Waals surface area (Å²) >= 11 is 2.95. The molecule has 0 aliphatic carbocycles. The summed E-state index contributed by atoms with van der Waals surface area (Å²) in [5, 5.41) is 0. The maximum Gasteiger partial charge on any atom is 0.156 e. The van der Waals surface area contributed by atoms with Crippen molar-refractivity contribution in [1.82, 2.24) is 0 Å². The molecule has 1 atom stereocenters. The third kappa shape index (κ3) is 3.10. The van der Waals surface area contributed by atoms with E-state index < -0.39 is 17.2 Å². The molecule has 0 spiro atoms. The average Bonchev–Trinajstić information content (AvgIpc) is 2.29. The summed E-state index contributed by atoms with van der Waals surface area (Å²) in [6, 6.07) is 2.38. The number of hydrogen-bond donors (Lipinski definition) is 1. The number of nitrogens with two attached hydrogens (primary N) is 1. The van der Waals surface area contributed by atoms with Crippen molar-refractivity contribution in [3.8, 4) is 0 Å². The van der Waals surface area contributed by atoms with Gasteiger partial charge in [-0.05, 0) is 41.4 Å². The summed E-state index contributed by atoms with van der Waals surface area (Å²) < 4.78 is 27.2. The van der Waals surface area contributed by atoms with Crippen molar-refractivity contribution in [1.29, 1.82) is 0 Å². The van der Waals surface area contributed by atoms with E-state index in [-0.39, 0.29) is 22.2 Å². The van der Waals surface area contributed by atoms with E-state index in [4.69, 9.17) is 5.73 Å². The minimum atomic E-state index is -1.05. The van der Waals surface area contributed by atoms with E-state index in [0.717, 1.165) is 6.07 Å². The first kappa shape index (κ1) is 14.3. The summed E-state index contributed by atoms with van der Waals surface area (Å²) in [6.07, 6.45) is 0.0843. The molecule has 0 aliphatic heterocycles. The van der Waals surface area contributed by atoms with E-state index in [2.05, 4.69) is 15.9 Å². The molecule has 94 valence electrons. The quantitative estimate of drug-likeness (QED) is 0.869. The van der Waals surface area contributed by atoms with Crippen LogP contribution >= 0.6 is 15.9 Å². The first-order chi connectivity index (χ1) is 7.79. The SMILES string of the molecule is CCC(C)(N)C(=O)Cc1c(F)ccc(Br)c1F. The Labute approximate surface area is 107 Å². The van der Waals surface area contributed by atoms with Gasteiger partial charge in [0.25, 0.3) is 0 Å². The first-order valence-corrected chi connectivity index (χ1v) is 6.03. The number of Topliss-reactive ketones (excluding diaryl/α,β-unsaturated/α-hetero) is 1. The van der Waals surface area contributed by atoms with Gasteiger partial charge in [0.1, 0.15) is 11.6 Å². The molecule has 17 heavy (non-hydrogen) atoms. The highest BCUT2D eigenvalue weighted by atomic mass is 79.9. The van der Waals surface area contributed by atoms with Crippen LogP contribution in [0, 0.1) is 11.6 Å². The van der Waals surface area contributed by atoms with E-state index in [9.17, 15) is 13.6 Å². The fourth-order valence-electron chi connectivity index (χ4n) is 1.29. The van der Waals surface area contributed by atoms with Gasteiger partial charge in [-0.1, -0.05) is 6.92 Å². The van der Waals surface area contributed by atoms with Gasteiger partial charge < -0.3 is 5.73 Å². The van der Waals surface area contributed by atoms with Crippen LogP contribution in [0.1, 0.15) is 25.8 Å². The Bertz CT molecular complexity index is 446. The van der Waals surface area contributed by atoms with Crippen LogP contribution in [0.4, 0.5) is 8.78 Å². The minimum Gasteiger partial charge on any atom is -0.319 e. The van der Waals surface area contributed by atoms with Crippen LogP contribution in [-0.2, 0) is 11.2 Å². The lowest BCUT2D eigenvalue weighted by Crippen LogP contribution is -2.45. The standard InChI is InChI=1S/C12H14BrF2NO/c1-3-12(2,16)10(17)6-7-9(14)5-4-8(13)11(7)15/h4-5H,3,6,16H2,1-2H3. The van der Waals surface area contributed by atoms with Crippen LogP contribution < -0.4 is 5.73 Å².